The van der Waals surface area contributed by atoms with Crippen molar-refractivity contribution in [1.82, 2.24) is 9.80 Å². The highest BCUT2D eigenvalue weighted by atomic mass is 79.9. The number of benzene rings is 2. The highest BCUT2D eigenvalue weighted by molar-refractivity contribution is 9.10. The van der Waals surface area contributed by atoms with Gasteiger partial charge in [0.15, 0.2) is 6.10 Å². The molecule has 1 amide bonds. The smallest absolute Gasteiger partial charge is 0.263 e. The molecule has 1 atom stereocenters. The average Bonchev–Trinajstić information content (AvgIpc) is 2.89. The van der Waals surface area contributed by atoms with Crippen LogP contribution in [0.2, 0.25) is 0 Å². The fourth-order valence-corrected chi connectivity index (χ4v) is 3.48. The fraction of sp³-hybridized carbons (Fsp3) is 0.381. The van der Waals surface area contributed by atoms with Crippen LogP contribution in [-0.4, -0.2) is 48.0 Å². The molecule has 138 valence electrons. The van der Waals surface area contributed by atoms with Crippen LogP contribution in [-0.2, 0) is 11.3 Å². The number of amides is 1. The molecule has 1 aliphatic rings. The van der Waals surface area contributed by atoms with Crippen LogP contribution in [0.5, 0.6) is 5.75 Å². The monoisotopic (exact) mass is 416 g/mol. The van der Waals surface area contributed by atoms with Gasteiger partial charge in [-0.25, -0.2) is 0 Å². The van der Waals surface area contributed by atoms with Gasteiger partial charge in [0, 0.05) is 37.2 Å². The van der Waals surface area contributed by atoms with E-state index in [4.69, 9.17) is 4.74 Å². The Morgan fingerprint density at radius 2 is 1.77 bits per heavy atom. The molecular weight excluding hydrogens is 392 g/mol. The van der Waals surface area contributed by atoms with Crippen LogP contribution in [0.25, 0.3) is 0 Å². The van der Waals surface area contributed by atoms with E-state index in [2.05, 4.69) is 45.1 Å². The third-order valence-corrected chi connectivity index (χ3v) is 5.15. The Kier molecular flexibility index (Phi) is 6.69. The lowest BCUT2D eigenvalue weighted by Gasteiger charge is -2.25. The molecule has 2 aromatic rings. The van der Waals surface area contributed by atoms with Gasteiger partial charge in [0.05, 0.1) is 0 Å². The summed E-state index contributed by atoms with van der Waals surface area (Å²) in [7, 11) is 0. The summed E-state index contributed by atoms with van der Waals surface area (Å²) in [6.07, 6.45) is 0.515. The van der Waals surface area contributed by atoms with E-state index in [-0.39, 0.29) is 5.91 Å². The van der Waals surface area contributed by atoms with Crippen molar-refractivity contribution in [2.45, 2.75) is 26.0 Å². The number of carbonyl (C=O) groups is 1. The van der Waals surface area contributed by atoms with Crippen molar-refractivity contribution < 1.29 is 9.53 Å². The minimum atomic E-state index is -0.475. The number of ether oxygens (including phenoxy) is 1. The molecule has 0 radical (unpaired) electrons. The Morgan fingerprint density at radius 3 is 2.50 bits per heavy atom. The second kappa shape index (κ2) is 9.19. The topological polar surface area (TPSA) is 32.8 Å². The van der Waals surface area contributed by atoms with E-state index in [1.165, 1.54) is 5.56 Å². The van der Waals surface area contributed by atoms with Gasteiger partial charge < -0.3 is 9.64 Å². The molecule has 4 nitrogen and oxygen atoms in total. The standard InChI is InChI=1S/C21H25BrN2O2/c1-17(26-20-10-8-19(22)9-11-20)21(25)24-13-5-12-23(14-15-24)16-18-6-3-2-4-7-18/h2-4,6-11,17H,5,12-16H2,1H3. The molecule has 0 bridgehead atoms. The van der Waals surface area contributed by atoms with Gasteiger partial charge in [-0.2, -0.15) is 0 Å². The minimum Gasteiger partial charge on any atom is -0.481 e. The summed E-state index contributed by atoms with van der Waals surface area (Å²) in [5, 5.41) is 0. The van der Waals surface area contributed by atoms with Crippen molar-refractivity contribution in [2.24, 2.45) is 0 Å². The predicted octanol–water partition coefficient (Wildman–Crippen LogP) is 3.95. The predicted molar refractivity (Wildman–Crippen MR) is 107 cm³/mol. The quantitative estimate of drug-likeness (QED) is 0.739. The Hall–Kier alpha value is -1.85. The van der Waals surface area contributed by atoms with Crippen molar-refractivity contribution in [3.63, 3.8) is 0 Å². The molecule has 26 heavy (non-hydrogen) atoms. The summed E-state index contributed by atoms with van der Waals surface area (Å²) in [5.74, 6) is 0.782. The number of carbonyl (C=O) groups excluding carboxylic acids is 1. The summed E-state index contributed by atoms with van der Waals surface area (Å²) >= 11 is 3.41. The van der Waals surface area contributed by atoms with Crippen LogP contribution in [0.4, 0.5) is 0 Å². The van der Waals surface area contributed by atoms with E-state index in [9.17, 15) is 4.79 Å². The summed E-state index contributed by atoms with van der Waals surface area (Å²) < 4.78 is 6.82. The molecule has 1 heterocycles. The minimum absolute atomic E-state index is 0.0643. The maximum atomic E-state index is 12.8. The second-order valence-electron chi connectivity index (χ2n) is 6.65. The molecule has 1 unspecified atom stereocenters. The largest absolute Gasteiger partial charge is 0.481 e. The molecule has 1 fully saturated rings. The summed E-state index contributed by atoms with van der Waals surface area (Å²) in [5.41, 5.74) is 1.32. The molecule has 5 heteroatoms. The third-order valence-electron chi connectivity index (χ3n) is 4.62. The SMILES string of the molecule is CC(Oc1ccc(Br)cc1)C(=O)N1CCCN(Cc2ccccc2)CC1. The zero-order valence-corrected chi connectivity index (χ0v) is 16.7. The molecule has 0 aliphatic carbocycles. The molecule has 0 saturated carbocycles. The van der Waals surface area contributed by atoms with Crippen LogP contribution in [0.3, 0.4) is 0 Å². The number of hydrogen-bond donors (Lipinski definition) is 0. The lowest BCUT2D eigenvalue weighted by molar-refractivity contribution is -0.137. The van der Waals surface area contributed by atoms with E-state index in [0.29, 0.717) is 0 Å². The summed E-state index contributed by atoms with van der Waals surface area (Å²) in [6, 6.07) is 18.1. The van der Waals surface area contributed by atoms with Crippen molar-refractivity contribution >= 4 is 21.8 Å². The zero-order chi connectivity index (χ0) is 18.4. The maximum absolute atomic E-state index is 12.8. The first-order valence-electron chi connectivity index (χ1n) is 9.09. The van der Waals surface area contributed by atoms with Gasteiger partial charge in [0.2, 0.25) is 0 Å². The van der Waals surface area contributed by atoms with Crippen molar-refractivity contribution in [2.75, 3.05) is 26.2 Å². The lowest BCUT2D eigenvalue weighted by atomic mass is 10.2. The highest BCUT2D eigenvalue weighted by Crippen LogP contribution is 2.18. The Balaban J connectivity index is 1.52. The first kappa shape index (κ1) is 18.9. The van der Waals surface area contributed by atoms with Gasteiger partial charge in [0.1, 0.15) is 5.75 Å². The molecular formula is C21H25BrN2O2. The van der Waals surface area contributed by atoms with E-state index in [1.807, 2.05) is 42.2 Å². The van der Waals surface area contributed by atoms with Crippen LogP contribution in [0.1, 0.15) is 18.9 Å². The van der Waals surface area contributed by atoms with Gasteiger partial charge in [-0.1, -0.05) is 46.3 Å². The van der Waals surface area contributed by atoms with Crippen LogP contribution >= 0.6 is 15.9 Å². The molecule has 0 N–H and O–H groups in total. The van der Waals surface area contributed by atoms with Crippen molar-refractivity contribution in [3.8, 4) is 5.75 Å². The van der Waals surface area contributed by atoms with Gasteiger partial charge in [-0.15, -0.1) is 0 Å². The zero-order valence-electron chi connectivity index (χ0n) is 15.1. The fourth-order valence-electron chi connectivity index (χ4n) is 3.22. The Morgan fingerprint density at radius 1 is 1.04 bits per heavy atom. The van der Waals surface area contributed by atoms with E-state index < -0.39 is 6.10 Å². The molecule has 0 aromatic heterocycles. The van der Waals surface area contributed by atoms with Gasteiger partial charge in [-0.3, -0.25) is 9.69 Å². The lowest BCUT2D eigenvalue weighted by Crippen LogP contribution is -2.42. The Bertz CT molecular complexity index is 706. The molecule has 2 aromatic carbocycles. The van der Waals surface area contributed by atoms with Gasteiger partial charge >= 0.3 is 0 Å². The molecule has 1 saturated heterocycles. The average molecular weight is 417 g/mol. The van der Waals surface area contributed by atoms with E-state index in [1.54, 1.807) is 0 Å². The number of halogens is 1. The van der Waals surface area contributed by atoms with Crippen LogP contribution < -0.4 is 4.74 Å². The first-order chi connectivity index (χ1) is 12.6. The maximum Gasteiger partial charge on any atom is 0.263 e. The van der Waals surface area contributed by atoms with Crippen molar-refractivity contribution in [1.29, 1.82) is 0 Å². The van der Waals surface area contributed by atoms with Crippen molar-refractivity contribution in [3.05, 3.63) is 64.6 Å². The van der Waals surface area contributed by atoms with Gasteiger partial charge in [0.25, 0.3) is 5.91 Å². The van der Waals surface area contributed by atoms with E-state index >= 15 is 0 Å². The summed E-state index contributed by atoms with van der Waals surface area (Å²) in [6.45, 7) is 6.22. The van der Waals surface area contributed by atoms with Crippen LogP contribution in [0.15, 0.2) is 59.1 Å². The second-order valence-corrected chi connectivity index (χ2v) is 7.57. The molecule has 1 aliphatic heterocycles. The normalized spacial score (nSPS) is 16.8. The Labute approximate surface area is 163 Å². The van der Waals surface area contributed by atoms with Crippen LogP contribution in [0, 0.1) is 0 Å². The number of hydrogen-bond acceptors (Lipinski definition) is 3. The molecule has 0 spiro atoms. The van der Waals surface area contributed by atoms with Gasteiger partial charge in [-0.05, 0) is 43.2 Å². The highest BCUT2D eigenvalue weighted by Gasteiger charge is 2.24. The summed E-state index contributed by atoms with van der Waals surface area (Å²) in [4.78, 5) is 17.1. The number of rotatable bonds is 5. The first-order valence-corrected chi connectivity index (χ1v) is 9.88. The van der Waals surface area contributed by atoms with E-state index in [0.717, 1.165) is 49.4 Å². The molecule has 3 rings (SSSR count). The number of nitrogens with zero attached hydrogens (tertiary/aromatic N) is 2. The third kappa shape index (κ3) is 5.32.